The number of aryl methyl sites for hydroxylation is 1. The second-order valence-corrected chi connectivity index (χ2v) is 6.69. The van der Waals surface area contributed by atoms with Crippen LogP contribution in [0.2, 0.25) is 0 Å². The number of carbonyl (C=O) groups excluding carboxylic acids is 1. The minimum atomic E-state index is -0.421. The Balaban J connectivity index is 1.56. The fourth-order valence-corrected chi connectivity index (χ4v) is 3.34. The molecule has 2 aromatic heterocycles. The smallest absolute Gasteiger partial charge is 0.294 e. The summed E-state index contributed by atoms with van der Waals surface area (Å²) in [4.78, 5) is 16.7. The first-order chi connectivity index (χ1) is 12.1. The highest BCUT2D eigenvalue weighted by atomic mass is 32.1. The normalized spacial score (nSPS) is 11.0. The topological polar surface area (TPSA) is 68.0 Å². The fourth-order valence-electron chi connectivity index (χ4n) is 2.48. The number of thiazole rings is 1. The van der Waals surface area contributed by atoms with Gasteiger partial charge < -0.3 is 9.84 Å². The van der Waals surface area contributed by atoms with Crippen molar-refractivity contribution >= 4 is 33.1 Å². The molecule has 4 rings (SSSR count). The van der Waals surface area contributed by atoms with E-state index in [1.165, 1.54) is 18.2 Å². The molecule has 5 nitrogen and oxygen atoms in total. The lowest BCUT2D eigenvalue weighted by molar-refractivity contribution is 0.0988. The third-order valence-corrected chi connectivity index (χ3v) is 4.54. The zero-order valence-electron chi connectivity index (χ0n) is 13.1. The van der Waals surface area contributed by atoms with Crippen molar-refractivity contribution in [3.05, 3.63) is 65.1 Å². The zero-order chi connectivity index (χ0) is 17.4. The van der Waals surface area contributed by atoms with E-state index in [9.17, 15) is 9.18 Å². The summed E-state index contributed by atoms with van der Waals surface area (Å²) < 4.78 is 19.4. The average Bonchev–Trinajstić information content (AvgIpc) is 3.20. The van der Waals surface area contributed by atoms with Crippen LogP contribution in [0, 0.1) is 12.7 Å². The largest absolute Gasteiger partial charge is 0.350 e. The third kappa shape index (κ3) is 3.14. The van der Waals surface area contributed by atoms with Gasteiger partial charge in [-0.25, -0.2) is 9.37 Å². The quantitative estimate of drug-likeness (QED) is 0.582. The molecule has 0 atom stereocenters. The summed E-state index contributed by atoms with van der Waals surface area (Å²) in [5.41, 5.74) is 2.49. The van der Waals surface area contributed by atoms with Gasteiger partial charge in [-0.05, 0) is 37.3 Å². The van der Waals surface area contributed by atoms with Gasteiger partial charge in [0.05, 0.1) is 15.2 Å². The molecule has 25 heavy (non-hydrogen) atoms. The van der Waals surface area contributed by atoms with Gasteiger partial charge in [-0.15, -0.1) is 11.3 Å². The number of halogens is 1. The number of amides is 1. The van der Waals surface area contributed by atoms with E-state index in [0.717, 1.165) is 15.2 Å². The molecule has 0 aliphatic heterocycles. The van der Waals surface area contributed by atoms with Gasteiger partial charge in [0.2, 0.25) is 5.76 Å². The molecule has 0 aliphatic carbocycles. The lowest BCUT2D eigenvalue weighted by Gasteiger charge is -2.01. The van der Waals surface area contributed by atoms with Crippen LogP contribution in [0.25, 0.3) is 21.5 Å². The van der Waals surface area contributed by atoms with Crippen molar-refractivity contribution in [2.75, 3.05) is 5.32 Å². The van der Waals surface area contributed by atoms with Gasteiger partial charge in [0, 0.05) is 17.3 Å². The molecule has 0 fully saturated rings. The number of carbonyl (C=O) groups is 1. The standard InChI is InChI=1S/C18H12FN3O2S/c1-10-20-14-6-5-13(8-17(14)25-10)21-18(23)16-9-15(22-24-16)11-3-2-4-12(19)7-11/h2-9H,1H3,(H,21,23). The zero-order valence-corrected chi connectivity index (χ0v) is 13.9. The summed E-state index contributed by atoms with van der Waals surface area (Å²) in [5.74, 6) is -0.741. The van der Waals surface area contributed by atoms with Crippen molar-refractivity contribution in [2.24, 2.45) is 0 Å². The SMILES string of the molecule is Cc1nc2ccc(NC(=O)c3cc(-c4cccc(F)c4)no3)cc2s1. The molecule has 4 aromatic rings. The van der Waals surface area contributed by atoms with E-state index in [4.69, 9.17) is 4.52 Å². The van der Waals surface area contributed by atoms with E-state index in [1.807, 2.05) is 19.1 Å². The van der Waals surface area contributed by atoms with Crippen molar-refractivity contribution < 1.29 is 13.7 Å². The molecule has 1 N–H and O–H groups in total. The second-order valence-electron chi connectivity index (χ2n) is 5.46. The predicted octanol–water partition coefficient (Wildman–Crippen LogP) is 4.65. The van der Waals surface area contributed by atoms with E-state index < -0.39 is 5.91 Å². The van der Waals surface area contributed by atoms with Gasteiger partial charge in [0.15, 0.2) is 0 Å². The Bertz CT molecular complexity index is 1090. The Labute approximate surface area is 146 Å². The Morgan fingerprint density at radius 3 is 2.92 bits per heavy atom. The van der Waals surface area contributed by atoms with Crippen LogP contribution in [0.1, 0.15) is 15.6 Å². The van der Waals surface area contributed by atoms with Gasteiger partial charge in [-0.1, -0.05) is 17.3 Å². The van der Waals surface area contributed by atoms with Gasteiger partial charge in [0.25, 0.3) is 5.91 Å². The van der Waals surface area contributed by atoms with Crippen LogP contribution >= 0.6 is 11.3 Å². The molecule has 2 aromatic carbocycles. The summed E-state index contributed by atoms with van der Waals surface area (Å²) in [5, 5.41) is 7.57. The first-order valence-electron chi connectivity index (χ1n) is 7.50. The van der Waals surface area contributed by atoms with Crippen LogP contribution < -0.4 is 5.32 Å². The van der Waals surface area contributed by atoms with Crippen LogP contribution in [0.15, 0.2) is 53.1 Å². The van der Waals surface area contributed by atoms with Crippen molar-refractivity contribution in [1.29, 1.82) is 0 Å². The van der Waals surface area contributed by atoms with Crippen LogP contribution in [0.5, 0.6) is 0 Å². The number of aromatic nitrogens is 2. The molecule has 0 bridgehead atoms. The minimum absolute atomic E-state index is 0.0554. The Hall–Kier alpha value is -3.06. The van der Waals surface area contributed by atoms with E-state index in [0.29, 0.717) is 16.9 Å². The predicted molar refractivity (Wildman–Crippen MR) is 94.2 cm³/mol. The first-order valence-corrected chi connectivity index (χ1v) is 8.31. The molecule has 0 aliphatic rings. The van der Waals surface area contributed by atoms with Crippen LogP contribution in [-0.2, 0) is 0 Å². The summed E-state index contributed by atoms with van der Waals surface area (Å²) >= 11 is 1.56. The molecule has 2 heterocycles. The highest BCUT2D eigenvalue weighted by Crippen LogP contribution is 2.25. The van der Waals surface area contributed by atoms with E-state index in [-0.39, 0.29) is 11.6 Å². The molecular weight excluding hydrogens is 341 g/mol. The fraction of sp³-hybridized carbons (Fsp3) is 0.0556. The lowest BCUT2D eigenvalue weighted by Crippen LogP contribution is -2.10. The van der Waals surface area contributed by atoms with Crippen molar-refractivity contribution in [3.63, 3.8) is 0 Å². The number of nitrogens with zero attached hydrogens (tertiary/aromatic N) is 2. The molecule has 7 heteroatoms. The Morgan fingerprint density at radius 2 is 2.08 bits per heavy atom. The number of nitrogens with one attached hydrogen (secondary N) is 1. The first kappa shape index (κ1) is 15.5. The van der Waals surface area contributed by atoms with Gasteiger partial charge in [0.1, 0.15) is 11.5 Å². The van der Waals surface area contributed by atoms with E-state index >= 15 is 0 Å². The van der Waals surface area contributed by atoms with Crippen LogP contribution in [0.3, 0.4) is 0 Å². The van der Waals surface area contributed by atoms with Crippen LogP contribution in [0.4, 0.5) is 10.1 Å². The average molecular weight is 353 g/mol. The third-order valence-electron chi connectivity index (χ3n) is 3.61. The number of hydrogen-bond donors (Lipinski definition) is 1. The highest BCUT2D eigenvalue weighted by Gasteiger charge is 2.15. The molecule has 0 saturated heterocycles. The van der Waals surface area contributed by atoms with Gasteiger partial charge >= 0.3 is 0 Å². The molecular formula is C18H12FN3O2S. The molecule has 0 spiro atoms. The van der Waals surface area contributed by atoms with Crippen molar-refractivity contribution in [3.8, 4) is 11.3 Å². The number of benzene rings is 2. The molecule has 0 saturated carbocycles. The number of hydrogen-bond acceptors (Lipinski definition) is 5. The van der Waals surface area contributed by atoms with Crippen LogP contribution in [-0.4, -0.2) is 16.0 Å². The summed E-state index contributed by atoms with van der Waals surface area (Å²) in [6.45, 7) is 1.94. The Morgan fingerprint density at radius 1 is 1.20 bits per heavy atom. The molecule has 0 radical (unpaired) electrons. The maximum atomic E-state index is 13.3. The monoisotopic (exact) mass is 353 g/mol. The van der Waals surface area contributed by atoms with E-state index in [2.05, 4.69) is 15.5 Å². The highest BCUT2D eigenvalue weighted by molar-refractivity contribution is 7.18. The maximum Gasteiger partial charge on any atom is 0.294 e. The second kappa shape index (κ2) is 6.10. The van der Waals surface area contributed by atoms with Crippen molar-refractivity contribution in [1.82, 2.24) is 10.1 Å². The summed E-state index contributed by atoms with van der Waals surface area (Å²) in [6, 6.07) is 12.9. The van der Waals surface area contributed by atoms with Crippen molar-refractivity contribution in [2.45, 2.75) is 6.92 Å². The van der Waals surface area contributed by atoms with Gasteiger partial charge in [-0.2, -0.15) is 0 Å². The summed E-state index contributed by atoms with van der Waals surface area (Å²) in [7, 11) is 0. The molecule has 1 amide bonds. The number of fused-ring (bicyclic) bond motifs is 1. The molecule has 124 valence electrons. The maximum absolute atomic E-state index is 13.3. The summed E-state index contributed by atoms with van der Waals surface area (Å²) in [6.07, 6.45) is 0. The Kier molecular flexibility index (Phi) is 3.77. The number of anilines is 1. The van der Waals surface area contributed by atoms with E-state index in [1.54, 1.807) is 29.5 Å². The molecule has 0 unspecified atom stereocenters. The lowest BCUT2D eigenvalue weighted by atomic mass is 10.1. The number of rotatable bonds is 3. The minimum Gasteiger partial charge on any atom is -0.350 e. The van der Waals surface area contributed by atoms with Gasteiger partial charge in [-0.3, -0.25) is 4.79 Å².